The van der Waals surface area contributed by atoms with Crippen molar-refractivity contribution in [1.82, 2.24) is 10.3 Å². The van der Waals surface area contributed by atoms with Gasteiger partial charge in [-0.15, -0.1) is 0 Å². The van der Waals surface area contributed by atoms with Crippen molar-refractivity contribution in [2.45, 2.75) is 13.5 Å². The van der Waals surface area contributed by atoms with E-state index in [2.05, 4.69) is 20.3 Å². The molecule has 3 rings (SSSR count). The fourth-order valence-electron chi connectivity index (χ4n) is 1.60. The highest BCUT2D eigenvalue weighted by atomic mass is 16.7. The first-order valence-electron chi connectivity index (χ1n) is 5.24. The largest absolute Gasteiger partial charge is 0.454 e. The SMILES string of the molecule is Cc1nonc1CNc1ccc2c(c1)OCO2. The van der Waals surface area contributed by atoms with Gasteiger partial charge in [0.2, 0.25) is 6.79 Å². The lowest BCUT2D eigenvalue weighted by Crippen LogP contribution is -2.01. The number of nitrogens with zero attached hydrogens (tertiary/aromatic N) is 2. The van der Waals surface area contributed by atoms with E-state index in [0.29, 0.717) is 6.54 Å². The molecule has 6 heteroatoms. The molecule has 2 aromatic rings. The van der Waals surface area contributed by atoms with Gasteiger partial charge in [0, 0.05) is 11.8 Å². The second-order valence-corrected chi connectivity index (χ2v) is 3.72. The maximum atomic E-state index is 5.29. The third-order valence-electron chi connectivity index (χ3n) is 2.58. The zero-order chi connectivity index (χ0) is 11.7. The van der Waals surface area contributed by atoms with E-state index in [0.717, 1.165) is 28.6 Å². The van der Waals surface area contributed by atoms with Gasteiger partial charge in [0.15, 0.2) is 11.5 Å². The predicted octanol–water partition coefficient (Wildman–Crippen LogP) is 1.72. The van der Waals surface area contributed by atoms with Crippen LogP contribution in [0.1, 0.15) is 11.4 Å². The summed E-state index contributed by atoms with van der Waals surface area (Å²) in [5.41, 5.74) is 2.53. The molecule has 0 aliphatic carbocycles. The van der Waals surface area contributed by atoms with Crippen molar-refractivity contribution in [2.75, 3.05) is 12.1 Å². The molecule has 6 nitrogen and oxygen atoms in total. The number of benzene rings is 1. The third kappa shape index (κ3) is 1.89. The predicted molar refractivity (Wildman–Crippen MR) is 58.9 cm³/mol. The summed E-state index contributed by atoms with van der Waals surface area (Å²) in [6.45, 7) is 2.70. The zero-order valence-corrected chi connectivity index (χ0v) is 9.27. The van der Waals surface area contributed by atoms with E-state index in [1.54, 1.807) is 0 Å². The van der Waals surface area contributed by atoms with E-state index >= 15 is 0 Å². The Hall–Kier alpha value is -2.24. The van der Waals surface area contributed by atoms with Crippen molar-refractivity contribution in [3.63, 3.8) is 0 Å². The average molecular weight is 233 g/mol. The van der Waals surface area contributed by atoms with Crippen LogP contribution in [0, 0.1) is 6.92 Å². The molecular formula is C11H11N3O3. The number of fused-ring (bicyclic) bond motifs is 1. The van der Waals surface area contributed by atoms with Crippen LogP contribution in [0.25, 0.3) is 0 Å². The van der Waals surface area contributed by atoms with E-state index in [-0.39, 0.29) is 6.79 Å². The van der Waals surface area contributed by atoms with Crippen molar-refractivity contribution in [1.29, 1.82) is 0 Å². The molecule has 88 valence electrons. The molecule has 0 atom stereocenters. The maximum Gasteiger partial charge on any atom is 0.231 e. The first kappa shape index (κ1) is 9.95. The molecule has 0 radical (unpaired) electrons. The summed E-state index contributed by atoms with van der Waals surface area (Å²) in [6, 6.07) is 5.69. The molecule has 0 spiro atoms. The number of nitrogens with one attached hydrogen (secondary N) is 1. The smallest absolute Gasteiger partial charge is 0.231 e. The molecular weight excluding hydrogens is 222 g/mol. The van der Waals surface area contributed by atoms with Crippen molar-refractivity contribution >= 4 is 5.69 Å². The molecule has 1 aromatic carbocycles. The molecule has 1 aromatic heterocycles. The third-order valence-corrected chi connectivity index (χ3v) is 2.58. The van der Waals surface area contributed by atoms with E-state index < -0.39 is 0 Å². The number of hydrogen-bond acceptors (Lipinski definition) is 6. The number of aryl methyl sites for hydroxylation is 1. The summed E-state index contributed by atoms with van der Waals surface area (Å²) >= 11 is 0. The minimum Gasteiger partial charge on any atom is -0.454 e. The maximum absolute atomic E-state index is 5.29. The molecule has 1 N–H and O–H groups in total. The normalized spacial score (nSPS) is 12.8. The van der Waals surface area contributed by atoms with Crippen LogP contribution in [0.2, 0.25) is 0 Å². The second-order valence-electron chi connectivity index (χ2n) is 3.72. The Morgan fingerprint density at radius 2 is 2.12 bits per heavy atom. The van der Waals surface area contributed by atoms with Crippen LogP contribution in [0.3, 0.4) is 0 Å². The monoisotopic (exact) mass is 233 g/mol. The molecule has 0 unspecified atom stereocenters. The Morgan fingerprint density at radius 1 is 1.24 bits per heavy atom. The fraction of sp³-hybridized carbons (Fsp3) is 0.273. The van der Waals surface area contributed by atoms with E-state index in [9.17, 15) is 0 Å². The number of rotatable bonds is 3. The van der Waals surface area contributed by atoms with Gasteiger partial charge in [-0.25, -0.2) is 4.63 Å². The Balaban J connectivity index is 1.72. The highest BCUT2D eigenvalue weighted by Crippen LogP contribution is 2.34. The van der Waals surface area contributed by atoms with Gasteiger partial charge in [-0.3, -0.25) is 0 Å². The Morgan fingerprint density at radius 3 is 2.94 bits per heavy atom. The van der Waals surface area contributed by atoms with Gasteiger partial charge in [-0.2, -0.15) is 0 Å². The molecule has 0 amide bonds. The molecule has 0 fully saturated rings. The van der Waals surface area contributed by atoms with Crippen LogP contribution in [0.4, 0.5) is 5.69 Å². The number of hydrogen-bond donors (Lipinski definition) is 1. The minimum atomic E-state index is 0.283. The summed E-state index contributed by atoms with van der Waals surface area (Å²) in [7, 11) is 0. The topological polar surface area (TPSA) is 69.4 Å². The Kier molecular flexibility index (Phi) is 2.32. The lowest BCUT2D eigenvalue weighted by Gasteiger charge is -2.05. The van der Waals surface area contributed by atoms with Gasteiger partial charge in [0.25, 0.3) is 0 Å². The molecule has 17 heavy (non-hydrogen) atoms. The number of aromatic nitrogens is 2. The van der Waals surface area contributed by atoms with Crippen molar-refractivity contribution < 1.29 is 14.1 Å². The van der Waals surface area contributed by atoms with Crippen LogP contribution in [-0.2, 0) is 6.54 Å². The van der Waals surface area contributed by atoms with Crippen LogP contribution in [0.5, 0.6) is 11.5 Å². The summed E-state index contributed by atoms with van der Waals surface area (Å²) in [5.74, 6) is 1.53. The fourth-order valence-corrected chi connectivity index (χ4v) is 1.60. The molecule has 1 aliphatic heterocycles. The molecule has 0 bridgehead atoms. The number of anilines is 1. The van der Waals surface area contributed by atoms with Crippen molar-refractivity contribution in [2.24, 2.45) is 0 Å². The van der Waals surface area contributed by atoms with Gasteiger partial charge >= 0.3 is 0 Å². The first-order chi connectivity index (χ1) is 8.33. The summed E-state index contributed by atoms with van der Waals surface area (Å²) < 4.78 is 15.1. The van der Waals surface area contributed by atoms with Gasteiger partial charge < -0.3 is 14.8 Å². The van der Waals surface area contributed by atoms with Crippen molar-refractivity contribution in [3.05, 3.63) is 29.6 Å². The molecule has 2 heterocycles. The zero-order valence-electron chi connectivity index (χ0n) is 9.27. The Labute approximate surface area is 97.5 Å². The van der Waals surface area contributed by atoms with E-state index in [1.165, 1.54) is 0 Å². The standard InChI is InChI=1S/C11H11N3O3/c1-7-9(14-17-13-7)5-12-8-2-3-10-11(4-8)16-6-15-10/h2-4,12H,5-6H2,1H3. The van der Waals surface area contributed by atoms with Crippen molar-refractivity contribution in [3.8, 4) is 11.5 Å². The minimum absolute atomic E-state index is 0.283. The van der Waals surface area contributed by atoms with Crippen LogP contribution in [0.15, 0.2) is 22.8 Å². The van der Waals surface area contributed by atoms with Crippen LogP contribution >= 0.6 is 0 Å². The summed E-state index contributed by atoms with van der Waals surface area (Å²) in [4.78, 5) is 0. The highest BCUT2D eigenvalue weighted by molar-refractivity contribution is 5.55. The Bertz CT molecular complexity index is 539. The summed E-state index contributed by atoms with van der Waals surface area (Å²) in [5, 5.41) is 10.7. The number of ether oxygens (including phenoxy) is 2. The lowest BCUT2D eigenvalue weighted by atomic mass is 10.2. The van der Waals surface area contributed by atoms with E-state index in [4.69, 9.17) is 9.47 Å². The second kappa shape index (κ2) is 3.97. The van der Waals surface area contributed by atoms with Gasteiger partial charge in [-0.05, 0) is 19.1 Å². The molecule has 0 saturated carbocycles. The quantitative estimate of drug-likeness (QED) is 0.870. The van der Waals surface area contributed by atoms with Gasteiger partial charge in [-0.1, -0.05) is 10.3 Å². The van der Waals surface area contributed by atoms with Crippen LogP contribution < -0.4 is 14.8 Å². The summed E-state index contributed by atoms with van der Waals surface area (Å²) in [6.07, 6.45) is 0. The first-order valence-corrected chi connectivity index (χ1v) is 5.24. The molecule has 0 saturated heterocycles. The highest BCUT2D eigenvalue weighted by Gasteiger charge is 2.13. The lowest BCUT2D eigenvalue weighted by molar-refractivity contribution is 0.174. The average Bonchev–Trinajstić information content (AvgIpc) is 2.94. The van der Waals surface area contributed by atoms with Gasteiger partial charge in [0.05, 0.1) is 6.54 Å². The van der Waals surface area contributed by atoms with E-state index in [1.807, 2.05) is 25.1 Å². The van der Waals surface area contributed by atoms with Crippen LogP contribution in [-0.4, -0.2) is 17.1 Å². The van der Waals surface area contributed by atoms with Gasteiger partial charge in [0.1, 0.15) is 11.4 Å². The molecule has 1 aliphatic rings.